The molecule has 0 spiro atoms. The summed E-state index contributed by atoms with van der Waals surface area (Å²) in [5.41, 5.74) is 1.62. The van der Waals surface area contributed by atoms with Crippen molar-refractivity contribution < 1.29 is 14.0 Å². The van der Waals surface area contributed by atoms with E-state index in [2.05, 4.69) is 71.9 Å². The number of unbranched alkanes of at least 4 members (excludes halogenated alkanes) is 4. The van der Waals surface area contributed by atoms with Crippen LogP contribution in [0.2, 0.25) is 0 Å². The third-order valence-corrected chi connectivity index (χ3v) is 7.99. The fourth-order valence-electron chi connectivity index (χ4n) is 6.46. The molecular formula is C35H58NO2+. The van der Waals surface area contributed by atoms with E-state index in [1.54, 1.807) is 0 Å². The molecule has 3 heteroatoms. The highest BCUT2D eigenvalue weighted by Crippen LogP contribution is 2.46. The molecule has 0 aliphatic rings. The van der Waals surface area contributed by atoms with Crippen LogP contribution < -0.4 is 4.74 Å². The Kier molecular flexibility index (Phi) is 15.1. The van der Waals surface area contributed by atoms with Gasteiger partial charge in [0.25, 0.3) is 0 Å². The lowest BCUT2D eigenvalue weighted by atomic mass is 9.72. The molecule has 38 heavy (non-hydrogen) atoms. The van der Waals surface area contributed by atoms with Gasteiger partial charge >= 0.3 is 0 Å². The maximum Gasteiger partial charge on any atom is 0.125 e. The van der Waals surface area contributed by atoms with E-state index in [1.165, 1.54) is 70.0 Å². The van der Waals surface area contributed by atoms with Crippen molar-refractivity contribution >= 4 is 0 Å². The number of hydrogen-bond donors (Lipinski definition) is 0. The second-order valence-electron chi connectivity index (χ2n) is 12.1. The monoisotopic (exact) mass is 524 g/mol. The van der Waals surface area contributed by atoms with Crippen LogP contribution in [0.25, 0.3) is 0 Å². The second-order valence-corrected chi connectivity index (χ2v) is 12.1. The summed E-state index contributed by atoms with van der Waals surface area (Å²) in [7, 11) is 0. The van der Waals surface area contributed by atoms with Gasteiger partial charge in [0, 0.05) is 18.4 Å². The molecule has 0 aromatic heterocycles. The van der Waals surface area contributed by atoms with E-state index in [0.717, 1.165) is 23.4 Å². The van der Waals surface area contributed by atoms with Crippen LogP contribution in [0.5, 0.6) is 5.75 Å². The van der Waals surface area contributed by atoms with Gasteiger partial charge in [-0.1, -0.05) is 103 Å². The molecule has 0 unspecified atom stereocenters. The summed E-state index contributed by atoms with van der Waals surface area (Å²) in [4.78, 5) is 0. The van der Waals surface area contributed by atoms with Gasteiger partial charge in [0.05, 0.1) is 26.3 Å². The van der Waals surface area contributed by atoms with Crippen LogP contribution in [-0.4, -0.2) is 43.9 Å². The predicted octanol–water partition coefficient (Wildman–Crippen LogP) is 9.27. The van der Waals surface area contributed by atoms with Crippen LogP contribution in [0.4, 0.5) is 0 Å². The van der Waals surface area contributed by atoms with Crippen molar-refractivity contribution in [1.82, 2.24) is 0 Å². The first-order chi connectivity index (χ1) is 18.4. The zero-order chi connectivity index (χ0) is 27.7. The fraction of sp³-hybridized carbons (Fsp3) is 0.657. The van der Waals surface area contributed by atoms with E-state index in [9.17, 15) is 0 Å². The van der Waals surface area contributed by atoms with Crippen LogP contribution in [0, 0.1) is 11.8 Å². The SMILES string of the molecule is CCCCC[N+](CCCCC)(CCOCCOc1ccccc1)C(CC(C)C)(CC(C)C)c1ccccc1. The topological polar surface area (TPSA) is 18.5 Å². The van der Waals surface area contributed by atoms with E-state index in [0.29, 0.717) is 25.0 Å². The molecule has 2 rings (SSSR count). The van der Waals surface area contributed by atoms with Gasteiger partial charge in [-0.25, -0.2) is 0 Å². The average Bonchev–Trinajstić information content (AvgIpc) is 2.90. The van der Waals surface area contributed by atoms with Crippen molar-refractivity contribution in [3.05, 3.63) is 66.2 Å². The van der Waals surface area contributed by atoms with Gasteiger partial charge in [-0.3, -0.25) is 0 Å². The second kappa shape index (κ2) is 17.7. The Labute approximate surface area is 235 Å². The molecule has 0 bridgehead atoms. The van der Waals surface area contributed by atoms with Gasteiger partial charge in [0.15, 0.2) is 0 Å². The van der Waals surface area contributed by atoms with Crippen LogP contribution in [0.3, 0.4) is 0 Å². The molecule has 3 nitrogen and oxygen atoms in total. The lowest BCUT2D eigenvalue weighted by molar-refractivity contribution is -0.986. The first-order valence-electron chi connectivity index (χ1n) is 15.6. The number of benzene rings is 2. The molecule has 0 aliphatic heterocycles. The van der Waals surface area contributed by atoms with Crippen LogP contribution in [0.1, 0.15) is 98.5 Å². The molecule has 0 fully saturated rings. The largest absolute Gasteiger partial charge is 0.491 e. The number of nitrogens with zero attached hydrogens (tertiary/aromatic N) is 1. The van der Waals surface area contributed by atoms with Crippen molar-refractivity contribution in [3.63, 3.8) is 0 Å². The Bertz CT molecular complexity index is 814. The number of hydrogen-bond acceptors (Lipinski definition) is 2. The Morgan fingerprint density at radius 3 is 1.66 bits per heavy atom. The van der Waals surface area contributed by atoms with Gasteiger partial charge in [0.1, 0.15) is 24.4 Å². The summed E-state index contributed by atoms with van der Waals surface area (Å²) in [6.07, 6.45) is 10.1. The molecule has 2 aromatic carbocycles. The number of quaternary nitrogens is 1. The van der Waals surface area contributed by atoms with Crippen LogP contribution in [0.15, 0.2) is 60.7 Å². The van der Waals surface area contributed by atoms with Crippen LogP contribution >= 0.6 is 0 Å². The highest BCUT2D eigenvalue weighted by Gasteiger charge is 2.51. The summed E-state index contributed by atoms with van der Waals surface area (Å²) in [6.45, 7) is 19.9. The molecule has 0 saturated carbocycles. The molecule has 0 heterocycles. The first kappa shape index (κ1) is 32.4. The maximum absolute atomic E-state index is 6.32. The molecule has 0 N–H and O–H groups in total. The minimum atomic E-state index is 0.0922. The van der Waals surface area contributed by atoms with Gasteiger partial charge < -0.3 is 14.0 Å². The molecule has 0 saturated heterocycles. The lowest BCUT2D eigenvalue weighted by Gasteiger charge is -2.56. The standard InChI is InChI=1S/C35H58NO2/c1-7-9-17-23-36(24-18-10-8-2,25-26-37-27-28-38-34-21-15-12-16-22-34)35(29-31(3)4,30-32(5)6)33-19-13-11-14-20-33/h11-16,19-22,31-32H,7-10,17-18,23-30H2,1-6H3/q+1. The van der Waals surface area contributed by atoms with Crippen molar-refractivity contribution in [3.8, 4) is 5.75 Å². The maximum atomic E-state index is 6.32. The molecule has 2 aromatic rings. The normalized spacial score (nSPS) is 12.4. The lowest BCUT2D eigenvalue weighted by Crippen LogP contribution is -2.65. The zero-order valence-electron chi connectivity index (χ0n) is 25.6. The zero-order valence-corrected chi connectivity index (χ0v) is 25.6. The van der Waals surface area contributed by atoms with E-state index in [-0.39, 0.29) is 5.54 Å². The van der Waals surface area contributed by atoms with Gasteiger partial charge in [-0.05, 0) is 49.7 Å². The summed E-state index contributed by atoms with van der Waals surface area (Å²) in [5.74, 6) is 2.17. The predicted molar refractivity (Wildman–Crippen MR) is 164 cm³/mol. The summed E-state index contributed by atoms with van der Waals surface area (Å²) >= 11 is 0. The number of para-hydroxylation sites is 1. The fourth-order valence-corrected chi connectivity index (χ4v) is 6.46. The molecular weight excluding hydrogens is 466 g/mol. The quantitative estimate of drug-likeness (QED) is 0.120. The summed E-state index contributed by atoms with van der Waals surface area (Å²) in [6, 6.07) is 21.6. The van der Waals surface area contributed by atoms with Crippen molar-refractivity contribution in [2.75, 3.05) is 39.5 Å². The highest BCUT2D eigenvalue weighted by molar-refractivity contribution is 5.23. The van der Waals surface area contributed by atoms with Crippen LogP contribution in [-0.2, 0) is 10.3 Å². The van der Waals surface area contributed by atoms with E-state index in [1.807, 2.05) is 30.3 Å². The highest BCUT2D eigenvalue weighted by atomic mass is 16.5. The average molecular weight is 525 g/mol. The molecule has 0 radical (unpaired) electrons. The molecule has 0 aliphatic carbocycles. The molecule has 0 atom stereocenters. The third kappa shape index (κ3) is 10.0. The molecule has 214 valence electrons. The summed E-state index contributed by atoms with van der Waals surface area (Å²) in [5, 5.41) is 0. The molecule has 0 amide bonds. The Morgan fingerprint density at radius 1 is 0.632 bits per heavy atom. The van der Waals surface area contributed by atoms with E-state index < -0.39 is 0 Å². The van der Waals surface area contributed by atoms with Crippen molar-refractivity contribution in [1.29, 1.82) is 0 Å². The van der Waals surface area contributed by atoms with Gasteiger partial charge in [0.2, 0.25) is 0 Å². The van der Waals surface area contributed by atoms with Gasteiger partial charge in [-0.2, -0.15) is 0 Å². The Morgan fingerprint density at radius 2 is 1.16 bits per heavy atom. The number of ether oxygens (including phenoxy) is 2. The van der Waals surface area contributed by atoms with Crippen molar-refractivity contribution in [2.45, 2.75) is 98.4 Å². The Balaban J connectivity index is 2.38. The van der Waals surface area contributed by atoms with E-state index >= 15 is 0 Å². The van der Waals surface area contributed by atoms with Gasteiger partial charge in [-0.15, -0.1) is 0 Å². The summed E-state index contributed by atoms with van der Waals surface area (Å²) < 4.78 is 13.4. The minimum absolute atomic E-state index is 0.0922. The number of rotatable bonds is 21. The smallest absolute Gasteiger partial charge is 0.125 e. The van der Waals surface area contributed by atoms with Crippen molar-refractivity contribution in [2.24, 2.45) is 11.8 Å². The first-order valence-corrected chi connectivity index (χ1v) is 15.6. The third-order valence-electron chi connectivity index (χ3n) is 7.99. The Hall–Kier alpha value is -1.84. The van der Waals surface area contributed by atoms with E-state index in [4.69, 9.17) is 9.47 Å². The minimum Gasteiger partial charge on any atom is -0.491 e.